The SMILES string of the molecule is CS(=O)(=O)NC1COCCC12CCN(Cc1ccc(F)cc1)CC2.O=C(O)C(F)(F)F. The van der Waals surface area contributed by atoms with Gasteiger partial charge in [0, 0.05) is 13.2 Å². The number of likely N-dealkylation sites (tertiary alicyclic amines) is 1. The first kappa shape index (κ1) is 25.5. The lowest BCUT2D eigenvalue weighted by molar-refractivity contribution is -0.192. The molecule has 0 radical (unpaired) electrons. The van der Waals surface area contributed by atoms with Gasteiger partial charge in [0.1, 0.15) is 5.82 Å². The molecule has 2 heterocycles. The molecule has 7 nitrogen and oxygen atoms in total. The first-order chi connectivity index (χ1) is 14.3. The van der Waals surface area contributed by atoms with E-state index in [1.54, 1.807) is 0 Å². The Hall–Kier alpha value is -1.76. The Balaban J connectivity index is 0.000000423. The average Bonchev–Trinajstić information content (AvgIpc) is 2.66. The number of alkyl halides is 3. The van der Waals surface area contributed by atoms with Crippen molar-refractivity contribution >= 4 is 16.0 Å². The Morgan fingerprint density at radius 1 is 1.23 bits per heavy atom. The van der Waals surface area contributed by atoms with Gasteiger partial charge in [-0.3, -0.25) is 4.90 Å². The molecule has 2 fully saturated rings. The van der Waals surface area contributed by atoms with Crippen molar-refractivity contribution in [2.75, 3.05) is 32.6 Å². The average molecular weight is 470 g/mol. The number of halogens is 4. The van der Waals surface area contributed by atoms with Crippen LogP contribution in [0.2, 0.25) is 0 Å². The van der Waals surface area contributed by atoms with E-state index in [1.165, 1.54) is 18.4 Å². The standard InChI is InChI=1S/C17H25FN2O3S.C2HF3O2/c1-24(21,22)19-16-13-23-11-8-17(16)6-9-20(10-7-17)12-14-2-4-15(18)5-3-14;3-2(4,5)1(6)7/h2-5,16,19H,6-13H2,1H3;(H,6,7). The zero-order valence-corrected chi connectivity index (χ0v) is 17.8. The summed E-state index contributed by atoms with van der Waals surface area (Å²) in [6.07, 6.45) is -1.08. The fourth-order valence-electron chi connectivity index (χ4n) is 3.85. The second-order valence-electron chi connectivity index (χ2n) is 7.84. The number of nitrogens with one attached hydrogen (secondary N) is 1. The van der Waals surface area contributed by atoms with Crippen molar-refractivity contribution in [1.29, 1.82) is 0 Å². The Morgan fingerprint density at radius 3 is 2.26 bits per heavy atom. The van der Waals surface area contributed by atoms with Crippen molar-refractivity contribution in [2.24, 2.45) is 5.41 Å². The van der Waals surface area contributed by atoms with Crippen LogP contribution >= 0.6 is 0 Å². The Morgan fingerprint density at radius 2 is 1.77 bits per heavy atom. The molecule has 1 aromatic carbocycles. The van der Waals surface area contributed by atoms with Crippen molar-refractivity contribution in [1.82, 2.24) is 9.62 Å². The Bertz CT molecular complexity index is 838. The predicted octanol–water partition coefficient (Wildman–Crippen LogP) is 2.38. The van der Waals surface area contributed by atoms with Gasteiger partial charge in [-0.2, -0.15) is 13.2 Å². The molecule has 0 aromatic heterocycles. The van der Waals surface area contributed by atoms with Crippen molar-refractivity contribution in [3.05, 3.63) is 35.6 Å². The number of aliphatic carboxylic acids is 1. The van der Waals surface area contributed by atoms with E-state index in [9.17, 15) is 26.0 Å². The van der Waals surface area contributed by atoms with Crippen molar-refractivity contribution in [2.45, 2.75) is 38.0 Å². The molecule has 1 aromatic rings. The van der Waals surface area contributed by atoms with Crippen LogP contribution in [-0.2, 0) is 26.1 Å². The molecule has 0 amide bonds. The number of piperidine rings is 1. The molecule has 2 aliphatic heterocycles. The second-order valence-corrected chi connectivity index (χ2v) is 9.62. The van der Waals surface area contributed by atoms with Crippen molar-refractivity contribution in [3.8, 4) is 0 Å². The number of hydrogen-bond donors (Lipinski definition) is 2. The monoisotopic (exact) mass is 470 g/mol. The summed E-state index contributed by atoms with van der Waals surface area (Å²) < 4.78 is 76.3. The van der Waals surface area contributed by atoms with Crippen LogP contribution in [0.3, 0.4) is 0 Å². The van der Waals surface area contributed by atoms with E-state index < -0.39 is 22.2 Å². The summed E-state index contributed by atoms with van der Waals surface area (Å²) in [5.41, 5.74) is 1.09. The number of sulfonamides is 1. The minimum atomic E-state index is -5.08. The van der Waals surface area contributed by atoms with E-state index >= 15 is 0 Å². The minimum absolute atomic E-state index is 0.0133. The molecule has 176 valence electrons. The molecule has 12 heteroatoms. The minimum Gasteiger partial charge on any atom is -0.475 e. The summed E-state index contributed by atoms with van der Waals surface area (Å²) in [4.78, 5) is 11.2. The van der Waals surface area contributed by atoms with Gasteiger partial charge in [0.25, 0.3) is 0 Å². The van der Waals surface area contributed by atoms with Gasteiger partial charge in [-0.15, -0.1) is 0 Å². The van der Waals surface area contributed by atoms with Gasteiger partial charge < -0.3 is 9.84 Å². The first-order valence-corrected chi connectivity index (χ1v) is 11.5. The van der Waals surface area contributed by atoms with E-state index in [0.717, 1.165) is 44.5 Å². The van der Waals surface area contributed by atoms with E-state index in [2.05, 4.69) is 9.62 Å². The molecule has 2 N–H and O–H groups in total. The number of carboxylic acids is 1. The maximum Gasteiger partial charge on any atom is 0.490 e. The lowest BCUT2D eigenvalue weighted by atomic mass is 9.69. The summed E-state index contributed by atoms with van der Waals surface area (Å²) in [6.45, 7) is 3.78. The van der Waals surface area contributed by atoms with Gasteiger partial charge in [-0.05, 0) is 55.5 Å². The normalized spacial score (nSPS) is 21.9. The number of rotatable bonds is 4. The maximum absolute atomic E-state index is 13.0. The fraction of sp³-hybridized carbons (Fsp3) is 0.632. The van der Waals surface area contributed by atoms with E-state index in [4.69, 9.17) is 14.6 Å². The summed E-state index contributed by atoms with van der Waals surface area (Å²) >= 11 is 0. The number of carbonyl (C=O) groups is 1. The van der Waals surface area contributed by atoms with Crippen molar-refractivity contribution in [3.63, 3.8) is 0 Å². The predicted molar refractivity (Wildman–Crippen MR) is 104 cm³/mol. The quantitative estimate of drug-likeness (QED) is 0.656. The molecule has 31 heavy (non-hydrogen) atoms. The second kappa shape index (κ2) is 10.2. The fourth-order valence-corrected chi connectivity index (χ4v) is 4.68. The van der Waals surface area contributed by atoms with Crippen LogP contribution in [0.1, 0.15) is 24.8 Å². The van der Waals surface area contributed by atoms with Gasteiger partial charge in [-0.1, -0.05) is 12.1 Å². The molecule has 1 spiro atoms. The van der Waals surface area contributed by atoms with Gasteiger partial charge in [0.15, 0.2) is 0 Å². The van der Waals surface area contributed by atoms with Crippen LogP contribution < -0.4 is 4.72 Å². The molecule has 2 saturated heterocycles. The van der Waals surface area contributed by atoms with Crippen LogP contribution in [0.15, 0.2) is 24.3 Å². The van der Waals surface area contributed by atoms with Crippen LogP contribution in [0.5, 0.6) is 0 Å². The number of nitrogens with zero attached hydrogens (tertiary/aromatic N) is 1. The highest BCUT2D eigenvalue weighted by Crippen LogP contribution is 2.41. The third-order valence-electron chi connectivity index (χ3n) is 5.54. The maximum atomic E-state index is 13.0. The van der Waals surface area contributed by atoms with Crippen LogP contribution in [-0.4, -0.2) is 69.2 Å². The molecule has 0 saturated carbocycles. The van der Waals surface area contributed by atoms with Gasteiger partial charge >= 0.3 is 12.1 Å². The van der Waals surface area contributed by atoms with Crippen LogP contribution in [0.4, 0.5) is 17.6 Å². The summed E-state index contributed by atoms with van der Waals surface area (Å²) in [5.74, 6) is -2.97. The molecule has 1 unspecified atom stereocenters. The highest BCUT2D eigenvalue weighted by atomic mass is 32.2. The largest absolute Gasteiger partial charge is 0.490 e. The van der Waals surface area contributed by atoms with Crippen LogP contribution in [0, 0.1) is 11.2 Å². The molecule has 3 rings (SSSR count). The van der Waals surface area contributed by atoms with Gasteiger partial charge in [-0.25, -0.2) is 22.3 Å². The number of ether oxygens (including phenoxy) is 1. The number of hydrogen-bond acceptors (Lipinski definition) is 5. The summed E-state index contributed by atoms with van der Waals surface area (Å²) in [7, 11) is -3.24. The highest BCUT2D eigenvalue weighted by Gasteiger charge is 2.44. The van der Waals surface area contributed by atoms with E-state index in [-0.39, 0.29) is 17.3 Å². The van der Waals surface area contributed by atoms with Crippen LogP contribution in [0.25, 0.3) is 0 Å². The molecular formula is C19H26F4N2O5S. The summed E-state index contributed by atoms with van der Waals surface area (Å²) in [6, 6.07) is 6.48. The van der Waals surface area contributed by atoms with E-state index in [0.29, 0.717) is 13.2 Å². The smallest absolute Gasteiger partial charge is 0.475 e. The summed E-state index contributed by atoms with van der Waals surface area (Å²) in [5, 5.41) is 7.12. The lowest BCUT2D eigenvalue weighted by Crippen LogP contribution is -2.57. The first-order valence-electron chi connectivity index (χ1n) is 9.63. The topological polar surface area (TPSA) is 95.9 Å². The van der Waals surface area contributed by atoms with E-state index in [1.807, 2.05) is 12.1 Å². The van der Waals surface area contributed by atoms with Crippen molar-refractivity contribution < 1.29 is 40.6 Å². The molecule has 0 aliphatic carbocycles. The zero-order valence-electron chi connectivity index (χ0n) is 17.0. The molecule has 2 aliphatic rings. The lowest BCUT2D eigenvalue weighted by Gasteiger charge is -2.48. The Labute approximate surface area is 178 Å². The highest BCUT2D eigenvalue weighted by molar-refractivity contribution is 7.88. The molecule has 0 bridgehead atoms. The third kappa shape index (κ3) is 8.02. The molecule has 1 atom stereocenters. The third-order valence-corrected chi connectivity index (χ3v) is 6.25. The van der Waals surface area contributed by atoms with Gasteiger partial charge in [0.05, 0.1) is 18.9 Å². The number of carboxylic acid groups (broad SMARTS) is 1. The Kier molecular flexibility index (Phi) is 8.42. The number of benzene rings is 1. The zero-order chi connectivity index (χ0) is 23.3. The molecular weight excluding hydrogens is 444 g/mol. The van der Waals surface area contributed by atoms with Gasteiger partial charge in [0.2, 0.25) is 10.0 Å².